The first kappa shape index (κ1) is 16.6. The third kappa shape index (κ3) is 3.41. The summed E-state index contributed by atoms with van der Waals surface area (Å²) in [6, 6.07) is 9.61. The number of nitrogens with zero attached hydrogens (tertiary/aromatic N) is 4. The first-order valence-corrected chi connectivity index (χ1v) is 8.54. The van der Waals surface area contributed by atoms with Crippen molar-refractivity contribution < 1.29 is 9.13 Å². The van der Waals surface area contributed by atoms with Gasteiger partial charge in [-0.25, -0.2) is 19.2 Å². The maximum Gasteiger partial charge on any atom is 0.264 e. The van der Waals surface area contributed by atoms with Gasteiger partial charge >= 0.3 is 0 Å². The average Bonchev–Trinajstić information content (AvgIpc) is 3.31. The molecule has 1 saturated heterocycles. The predicted octanol–water partition coefficient (Wildman–Crippen LogP) is 1.78. The fourth-order valence-electron chi connectivity index (χ4n) is 3.00. The highest BCUT2D eigenvalue weighted by molar-refractivity contribution is 5.33. The van der Waals surface area contributed by atoms with E-state index in [1.165, 1.54) is 12.1 Å². The van der Waals surface area contributed by atoms with Crippen LogP contribution in [0.2, 0.25) is 0 Å². The molecule has 2 aromatic heterocycles. The van der Waals surface area contributed by atoms with E-state index in [1.807, 2.05) is 0 Å². The van der Waals surface area contributed by atoms with Gasteiger partial charge < -0.3 is 4.74 Å². The highest BCUT2D eigenvalue weighted by atomic mass is 19.1. The Kier molecular flexibility index (Phi) is 4.57. The zero-order valence-electron chi connectivity index (χ0n) is 14.1. The Bertz CT molecular complexity index is 942. The highest BCUT2D eigenvalue weighted by Crippen LogP contribution is 2.24. The van der Waals surface area contributed by atoms with Crippen LogP contribution in [0.25, 0.3) is 5.69 Å². The van der Waals surface area contributed by atoms with Crippen molar-refractivity contribution in [2.45, 2.75) is 25.2 Å². The normalized spacial score (nSPS) is 16.9. The summed E-state index contributed by atoms with van der Waals surface area (Å²) >= 11 is 0. The molecule has 134 valence electrons. The van der Waals surface area contributed by atoms with E-state index in [9.17, 15) is 9.18 Å². The van der Waals surface area contributed by atoms with Crippen LogP contribution in [0.3, 0.4) is 0 Å². The van der Waals surface area contributed by atoms with Crippen LogP contribution in [0.4, 0.5) is 4.39 Å². The number of rotatable bonds is 5. The average molecular weight is 355 g/mol. The fraction of sp³-hybridized carbons (Fsp3) is 0.333. The van der Waals surface area contributed by atoms with E-state index in [2.05, 4.69) is 20.3 Å². The lowest BCUT2D eigenvalue weighted by Crippen LogP contribution is -2.10. The van der Waals surface area contributed by atoms with Gasteiger partial charge in [-0.3, -0.25) is 4.79 Å². The molecule has 3 heterocycles. The summed E-state index contributed by atoms with van der Waals surface area (Å²) in [6.45, 7) is 1.28. The number of aromatic amines is 1. The van der Waals surface area contributed by atoms with E-state index < -0.39 is 0 Å². The van der Waals surface area contributed by atoms with E-state index in [1.54, 1.807) is 28.9 Å². The van der Waals surface area contributed by atoms with Gasteiger partial charge in [-0.05, 0) is 31.0 Å². The molecule has 26 heavy (non-hydrogen) atoms. The number of ether oxygens (including phenoxy) is 1. The summed E-state index contributed by atoms with van der Waals surface area (Å²) in [6.07, 6.45) is 1.95. The second kappa shape index (κ2) is 7.17. The molecule has 1 atom stereocenters. The van der Waals surface area contributed by atoms with Crippen LogP contribution >= 0.6 is 0 Å². The monoisotopic (exact) mass is 355 g/mol. The smallest absolute Gasteiger partial charge is 0.264 e. The Morgan fingerprint density at radius 2 is 2.12 bits per heavy atom. The second-order valence-electron chi connectivity index (χ2n) is 6.22. The minimum absolute atomic E-state index is 0.132. The van der Waals surface area contributed by atoms with Crippen LogP contribution in [-0.2, 0) is 17.6 Å². The zero-order chi connectivity index (χ0) is 17.9. The first-order chi connectivity index (χ1) is 12.7. The lowest BCUT2D eigenvalue weighted by molar-refractivity contribution is 0.193. The first-order valence-electron chi connectivity index (χ1n) is 8.54. The van der Waals surface area contributed by atoms with E-state index in [-0.39, 0.29) is 17.3 Å². The minimum atomic E-state index is -0.352. The molecule has 0 spiro atoms. The van der Waals surface area contributed by atoms with E-state index in [0.29, 0.717) is 43.4 Å². The van der Waals surface area contributed by atoms with Crippen molar-refractivity contribution in [3.63, 3.8) is 0 Å². The summed E-state index contributed by atoms with van der Waals surface area (Å²) < 4.78 is 21.3. The maximum atomic E-state index is 14.3. The lowest BCUT2D eigenvalue weighted by atomic mass is 10.1. The lowest BCUT2D eigenvalue weighted by Gasteiger charge is -2.06. The van der Waals surface area contributed by atoms with Gasteiger partial charge in [0, 0.05) is 25.0 Å². The third-order valence-corrected chi connectivity index (χ3v) is 4.41. The molecule has 4 rings (SSSR count). The van der Waals surface area contributed by atoms with Crippen molar-refractivity contribution in [2.24, 2.45) is 0 Å². The number of benzene rings is 1. The molecule has 0 bridgehead atoms. The number of para-hydroxylation sites is 1. The molecule has 1 aliphatic rings. The predicted molar refractivity (Wildman–Crippen MR) is 91.8 cm³/mol. The Labute approximate surface area is 148 Å². The molecule has 0 aliphatic carbocycles. The van der Waals surface area contributed by atoms with Crippen LogP contribution in [0.1, 0.15) is 29.7 Å². The van der Waals surface area contributed by atoms with Gasteiger partial charge in [-0.1, -0.05) is 12.1 Å². The quantitative estimate of drug-likeness (QED) is 0.754. The molecule has 3 aromatic rings. The summed E-state index contributed by atoms with van der Waals surface area (Å²) in [4.78, 5) is 15.8. The van der Waals surface area contributed by atoms with Crippen molar-refractivity contribution in [1.29, 1.82) is 0 Å². The molecule has 1 N–H and O–H groups in total. The molecule has 1 fully saturated rings. The molecule has 8 heteroatoms. The molecule has 1 aromatic carbocycles. The fourth-order valence-corrected chi connectivity index (χ4v) is 3.00. The highest BCUT2D eigenvalue weighted by Gasteiger charge is 2.24. The maximum absolute atomic E-state index is 14.3. The number of H-pyrrole nitrogens is 1. The molecular weight excluding hydrogens is 337 g/mol. The van der Waals surface area contributed by atoms with Crippen LogP contribution < -0.4 is 5.56 Å². The number of aromatic nitrogens is 5. The Balaban J connectivity index is 1.65. The van der Waals surface area contributed by atoms with Gasteiger partial charge in [0.05, 0.1) is 12.3 Å². The number of halogens is 1. The van der Waals surface area contributed by atoms with Crippen molar-refractivity contribution in [3.05, 3.63) is 69.9 Å². The van der Waals surface area contributed by atoms with Gasteiger partial charge in [0.25, 0.3) is 5.56 Å². The zero-order valence-corrected chi connectivity index (χ0v) is 14.1. The van der Waals surface area contributed by atoms with Gasteiger partial charge in [0.1, 0.15) is 17.3 Å². The van der Waals surface area contributed by atoms with Crippen molar-refractivity contribution in [1.82, 2.24) is 25.0 Å². The molecule has 0 unspecified atom stereocenters. The van der Waals surface area contributed by atoms with Gasteiger partial charge in [0.2, 0.25) is 0 Å². The molecular formula is C18H18FN5O2. The number of hydrogen-bond donors (Lipinski definition) is 1. The topological polar surface area (TPSA) is 85.7 Å². The van der Waals surface area contributed by atoms with E-state index in [4.69, 9.17) is 4.74 Å². The van der Waals surface area contributed by atoms with E-state index >= 15 is 0 Å². The largest absolute Gasteiger partial charge is 0.381 e. The molecule has 0 amide bonds. The van der Waals surface area contributed by atoms with Crippen molar-refractivity contribution >= 4 is 0 Å². The number of nitrogens with one attached hydrogen (secondary N) is 1. The number of hydrogen-bond acceptors (Lipinski definition) is 5. The van der Waals surface area contributed by atoms with Gasteiger partial charge in [0.15, 0.2) is 5.82 Å². The van der Waals surface area contributed by atoms with Gasteiger partial charge in [-0.15, -0.1) is 0 Å². The van der Waals surface area contributed by atoms with E-state index in [0.717, 1.165) is 12.1 Å². The van der Waals surface area contributed by atoms with Gasteiger partial charge in [-0.2, -0.15) is 10.2 Å². The minimum Gasteiger partial charge on any atom is -0.381 e. The van der Waals surface area contributed by atoms with Crippen molar-refractivity contribution in [2.75, 3.05) is 13.2 Å². The summed E-state index contributed by atoms with van der Waals surface area (Å²) in [5.74, 6) is 1.11. The molecule has 1 aliphatic heterocycles. The van der Waals surface area contributed by atoms with Crippen molar-refractivity contribution in [3.8, 4) is 5.69 Å². The molecule has 7 nitrogen and oxygen atoms in total. The molecule has 0 radical (unpaired) electrons. The Hall–Kier alpha value is -2.87. The standard InChI is InChI=1S/C18H18FN5O2/c19-14-3-1-2-4-15(14)24-16(7-5-13-6-8-17(25)22-21-13)20-18(23-24)12-9-10-26-11-12/h1-4,6,8,12H,5,7,9-11H2,(H,22,25)/t12-/m0/s1. The summed E-state index contributed by atoms with van der Waals surface area (Å²) in [5, 5.41) is 11.0. The third-order valence-electron chi connectivity index (χ3n) is 4.41. The van der Waals surface area contributed by atoms with Crippen LogP contribution in [0.5, 0.6) is 0 Å². The SMILES string of the molecule is O=c1ccc(CCc2nc([C@H]3CCOC3)nn2-c2ccccc2F)n[nH]1. The van der Waals surface area contributed by atoms with Crippen LogP contribution in [0.15, 0.2) is 41.2 Å². The summed E-state index contributed by atoms with van der Waals surface area (Å²) in [7, 11) is 0. The number of aryl methyl sites for hydroxylation is 2. The Morgan fingerprint density at radius 1 is 1.23 bits per heavy atom. The molecule has 0 saturated carbocycles. The summed E-state index contributed by atoms with van der Waals surface area (Å²) in [5.41, 5.74) is 0.861. The Morgan fingerprint density at radius 3 is 2.85 bits per heavy atom. The second-order valence-corrected chi connectivity index (χ2v) is 6.22. The van der Waals surface area contributed by atoms with Crippen LogP contribution in [-0.4, -0.2) is 38.2 Å². The van der Waals surface area contributed by atoms with Crippen LogP contribution in [0, 0.1) is 5.82 Å².